The molecule has 0 amide bonds. The molecule has 0 saturated carbocycles. The van der Waals surface area contributed by atoms with Gasteiger partial charge in [-0.1, -0.05) is 0 Å². The van der Waals surface area contributed by atoms with E-state index in [4.69, 9.17) is 13.9 Å². The van der Waals surface area contributed by atoms with Crippen LogP contribution in [0.25, 0.3) is 11.1 Å². The number of fused-ring (bicyclic) bond motifs is 1. The van der Waals surface area contributed by atoms with Crippen molar-refractivity contribution in [2.24, 2.45) is 5.10 Å². The van der Waals surface area contributed by atoms with E-state index in [0.29, 0.717) is 22.6 Å². The molecule has 2 aromatic carbocycles. The number of benzene rings is 2. The molecular formula is C16H15N3O6S. The second kappa shape index (κ2) is 6.92. The van der Waals surface area contributed by atoms with Gasteiger partial charge in [0.2, 0.25) is 0 Å². The summed E-state index contributed by atoms with van der Waals surface area (Å²) in [6, 6.07) is 9.03. The van der Waals surface area contributed by atoms with Gasteiger partial charge in [0.25, 0.3) is 10.0 Å². The number of sulfonamides is 1. The highest BCUT2D eigenvalue weighted by Gasteiger charge is 2.15. The van der Waals surface area contributed by atoms with Gasteiger partial charge in [0.05, 0.1) is 30.8 Å². The van der Waals surface area contributed by atoms with Gasteiger partial charge in [0, 0.05) is 11.6 Å². The van der Waals surface area contributed by atoms with E-state index in [2.05, 4.69) is 14.9 Å². The fourth-order valence-electron chi connectivity index (χ4n) is 2.25. The summed E-state index contributed by atoms with van der Waals surface area (Å²) in [5.74, 6) is 0.415. The number of aromatic nitrogens is 1. The molecule has 9 nitrogen and oxygen atoms in total. The van der Waals surface area contributed by atoms with Gasteiger partial charge in [0.15, 0.2) is 5.58 Å². The lowest BCUT2D eigenvalue weighted by Gasteiger charge is -2.07. The molecule has 3 rings (SSSR count). The second-order valence-corrected chi connectivity index (χ2v) is 6.79. The number of hydrogen-bond donors (Lipinski definition) is 2. The predicted octanol–water partition coefficient (Wildman–Crippen LogP) is 1.45. The zero-order valence-electron chi connectivity index (χ0n) is 13.8. The third-order valence-electron chi connectivity index (χ3n) is 3.52. The summed E-state index contributed by atoms with van der Waals surface area (Å²) in [4.78, 5) is 15.6. The molecule has 0 unspecified atom stereocenters. The Hall–Kier alpha value is -3.27. The van der Waals surface area contributed by atoms with Crippen LogP contribution < -0.4 is 20.1 Å². The summed E-state index contributed by atoms with van der Waals surface area (Å²) in [6.07, 6.45) is 1.30. The van der Waals surface area contributed by atoms with Crippen molar-refractivity contribution in [2.75, 3.05) is 14.2 Å². The van der Waals surface area contributed by atoms with Crippen LogP contribution in [0.3, 0.4) is 0 Å². The maximum absolute atomic E-state index is 12.3. The smallest absolute Gasteiger partial charge is 0.417 e. The molecule has 136 valence electrons. The van der Waals surface area contributed by atoms with Crippen LogP contribution in [0.5, 0.6) is 11.5 Å². The van der Waals surface area contributed by atoms with Crippen LogP contribution in [0, 0.1) is 0 Å². The number of oxazole rings is 1. The van der Waals surface area contributed by atoms with Gasteiger partial charge < -0.3 is 13.9 Å². The number of rotatable bonds is 6. The Morgan fingerprint density at radius 1 is 1.15 bits per heavy atom. The lowest BCUT2D eigenvalue weighted by atomic mass is 10.2. The van der Waals surface area contributed by atoms with Gasteiger partial charge in [-0.2, -0.15) is 13.5 Å². The zero-order chi connectivity index (χ0) is 18.7. The van der Waals surface area contributed by atoms with Crippen molar-refractivity contribution < 1.29 is 22.3 Å². The van der Waals surface area contributed by atoms with E-state index in [1.165, 1.54) is 38.6 Å². The van der Waals surface area contributed by atoms with Crippen LogP contribution in [-0.4, -0.2) is 33.8 Å². The highest BCUT2D eigenvalue weighted by atomic mass is 32.2. The summed E-state index contributed by atoms with van der Waals surface area (Å²) in [5, 5.41) is 3.76. The maximum Gasteiger partial charge on any atom is 0.417 e. The minimum absolute atomic E-state index is 0.0949. The van der Waals surface area contributed by atoms with Crippen molar-refractivity contribution >= 4 is 27.3 Å². The van der Waals surface area contributed by atoms with E-state index in [-0.39, 0.29) is 10.5 Å². The minimum atomic E-state index is -3.94. The Morgan fingerprint density at radius 2 is 1.96 bits per heavy atom. The van der Waals surface area contributed by atoms with E-state index >= 15 is 0 Å². The first-order valence-electron chi connectivity index (χ1n) is 7.33. The highest BCUT2D eigenvalue weighted by molar-refractivity contribution is 7.89. The molecule has 0 bridgehead atoms. The summed E-state index contributed by atoms with van der Waals surface area (Å²) >= 11 is 0. The van der Waals surface area contributed by atoms with E-state index in [0.717, 1.165) is 0 Å². The lowest BCUT2D eigenvalue weighted by Crippen LogP contribution is -2.18. The van der Waals surface area contributed by atoms with Crippen LogP contribution in [0.2, 0.25) is 0 Å². The quantitative estimate of drug-likeness (QED) is 0.495. The molecule has 26 heavy (non-hydrogen) atoms. The molecule has 0 aliphatic heterocycles. The predicted molar refractivity (Wildman–Crippen MR) is 94.3 cm³/mol. The molecule has 0 aliphatic carbocycles. The van der Waals surface area contributed by atoms with Gasteiger partial charge in [-0.25, -0.2) is 9.63 Å². The first-order chi connectivity index (χ1) is 12.4. The van der Waals surface area contributed by atoms with Crippen LogP contribution in [0.1, 0.15) is 5.56 Å². The van der Waals surface area contributed by atoms with E-state index < -0.39 is 15.8 Å². The Bertz CT molecular complexity index is 1130. The molecule has 0 aliphatic rings. The van der Waals surface area contributed by atoms with Gasteiger partial charge >= 0.3 is 5.76 Å². The first-order valence-corrected chi connectivity index (χ1v) is 8.81. The maximum atomic E-state index is 12.3. The molecular weight excluding hydrogens is 362 g/mol. The topological polar surface area (TPSA) is 123 Å². The third kappa shape index (κ3) is 3.54. The SMILES string of the molecule is COc1ccc(OC)c(/C=N/NS(=O)(=O)c2ccc3[nH]c(=O)oc3c2)c1. The zero-order valence-corrected chi connectivity index (χ0v) is 14.7. The summed E-state index contributed by atoms with van der Waals surface area (Å²) in [7, 11) is -0.940. The monoisotopic (exact) mass is 377 g/mol. The van der Waals surface area contributed by atoms with Crippen LogP contribution in [0.4, 0.5) is 0 Å². The minimum Gasteiger partial charge on any atom is -0.497 e. The largest absolute Gasteiger partial charge is 0.497 e. The molecule has 0 radical (unpaired) electrons. The Kier molecular flexibility index (Phi) is 4.67. The third-order valence-corrected chi connectivity index (χ3v) is 4.74. The molecule has 1 aromatic heterocycles. The first kappa shape index (κ1) is 17.5. The molecule has 1 heterocycles. The number of hydrogen-bond acceptors (Lipinski definition) is 7. The summed E-state index contributed by atoms with van der Waals surface area (Å²) in [5.41, 5.74) is 1.07. The molecule has 10 heteroatoms. The standard InChI is InChI=1S/C16H15N3O6S/c1-23-11-3-6-14(24-2)10(7-11)9-17-19-26(21,22)12-4-5-13-15(8-12)25-16(20)18-13/h3-9,19H,1-2H3,(H,18,20)/b17-9+. The molecule has 0 spiro atoms. The van der Waals surface area contributed by atoms with E-state index in [1.807, 2.05) is 0 Å². The summed E-state index contributed by atoms with van der Waals surface area (Å²) < 4.78 is 39.9. The molecule has 0 atom stereocenters. The fraction of sp³-hybridized carbons (Fsp3) is 0.125. The average Bonchev–Trinajstić information content (AvgIpc) is 3.00. The number of H-pyrrole nitrogens is 1. The van der Waals surface area contributed by atoms with Gasteiger partial charge in [-0.15, -0.1) is 0 Å². The van der Waals surface area contributed by atoms with Crippen molar-refractivity contribution in [1.29, 1.82) is 0 Å². The van der Waals surface area contributed by atoms with Crippen molar-refractivity contribution in [2.45, 2.75) is 4.90 Å². The molecule has 2 N–H and O–H groups in total. The van der Waals surface area contributed by atoms with Gasteiger partial charge in [-0.05, 0) is 30.3 Å². The number of hydrazone groups is 1. The Labute approximate surface area is 148 Å². The number of nitrogens with zero attached hydrogens (tertiary/aromatic N) is 1. The molecule has 0 saturated heterocycles. The summed E-state index contributed by atoms with van der Waals surface area (Å²) in [6.45, 7) is 0. The van der Waals surface area contributed by atoms with Crippen molar-refractivity contribution in [3.05, 3.63) is 52.5 Å². The lowest BCUT2D eigenvalue weighted by molar-refractivity contribution is 0.402. The second-order valence-electron chi connectivity index (χ2n) is 5.13. The molecule has 0 fully saturated rings. The van der Waals surface area contributed by atoms with E-state index in [9.17, 15) is 13.2 Å². The Balaban J connectivity index is 1.85. The van der Waals surface area contributed by atoms with Gasteiger partial charge in [0.1, 0.15) is 11.5 Å². The van der Waals surface area contributed by atoms with Crippen LogP contribution in [0.15, 0.2) is 55.6 Å². The van der Waals surface area contributed by atoms with E-state index in [1.54, 1.807) is 18.2 Å². The fourth-order valence-corrected chi connectivity index (χ4v) is 3.06. The van der Waals surface area contributed by atoms with Gasteiger partial charge in [-0.3, -0.25) is 4.98 Å². The Morgan fingerprint density at radius 3 is 2.69 bits per heavy atom. The van der Waals surface area contributed by atoms with Crippen molar-refractivity contribution in [3.8, 4) is 11.5 Å². The number of aromatic amines is 1. The number of nitrogens with one attached hydrogen (secondary N) is 2. The number of ether oxygens (including phenoxy) is 2. The molecule has 3 aromatic rings. The van der Waals surface area contributed by atoms with Crippen molar-refractivity contribution in [3.63, 3.8) is 0 Å². The van der Waals surface area contributed by atoms with Crippen molar-refractivity contribution in [1.82, 2.24) is 9.82 Å². The average molecular weight is 377 g/mol. The normalized spacial score (nSPS) is 11.8. The van der Waals surface area contributed by atoms with Crippen LogP contribution >= 0.6 is 0 Å². The number of methoxy groups -OCH3 is 2. The highest BCUT2D eigenvalue weighted by Crippen LogP contribution is 2.22. The van der Waals surface area contributed by atoms with Crippen LogP contribution in [-0.2, 0) is 10.0 Å².